The first-order valence-electron chi connectivity index (χ1n) is 7.02. The Kier molecular flexibility index (Phi) is 5.16. The second kappa shape index (κ2) is 6.87. The van der Waals surface area contributed by atoms with Crippen LogP contribution in [0.4, 0.5) is 4.39 Å². The maximum atomic E-state index is 13.3. The Bertz CT molecular complexity index is 403. The molecule has 0 amide bonds. The first kappa shape index (κ1) is 14.3. The minimum atomic E-state index is -0.235. The Morgan fingerprint density at radius 1 is 1.32 bits per heavy atom. The van der Waals surface area contributed by atoms with E-state index >= 15 is 0 Å². The fraction of sp³-hybridized carbons (Fsp3) is 0.600. The number of benzene rings is 1. The number of nitrogens with zero attached hydrogens (tertiary/aromatic N) is 1. The number of halogens is 1. The molecular formula is C15H23FN2O. The molecule has 1 aliphatic rings. The van der Waals surface area contributed by atoms with Crippen molar-refractivity contribution >= 4 is 0 Å². The number of ether oxygens (including phenoxy) is 1. The van der Waals surface area contributed by atoms with E-state index in [-0.39, 0.29) is 5.82 Å². The van der Waals surface area contributed by atoms with Gasteiger partial charge in [-0.3, -0.25) is 4.90 Å². The van der Waals surface area contributed by atoms with Crippen LogP contribution in [0.1, 0.15) is 25.3 Å². The van der Waals surface area contributed by atoms with Crippen LogP contribution in [0.25, 0.3) is 0 Å². The standard InChI is InChI=1S/C15H23FN2O/c1-12(2)14-4-3-13(16)11-15(14)19-10-9-18-7-5-17-6-8-18/h3-4,11-12,17H,5-10H2,1-2H3. The quantitative estimate of drug-likeness (QED) is 0.884. The van der Waals surface area contributed by atoms with Gasteiger partial charge >= 0.3 is 0 Å². The Labute approximate surface area is 114 Å². The summed E-state index contributed by atoms with van der Waals surface area (Å²) < 4.78 is 19.1. The van der Waals surface area contributed by atoms with E-state index in [1.165, 1.54) is 12.1 Å². The highest BCUT2D eigenvalue weighted by Gasteiger charge is 2.11. The molecule has 0 atom stereocenters. The van der Waals surface area contributed by atoms with E-state index in [2.05, 4.69) is 24.1 Å². The summed E-state index contributed by atoms with van der Waals surface area (Å²) in [5.41, 5.74) is 1.07. The van der Waals surface area contributed by atoms with Crippen molar-refractivity contribution in [2.24, 2.45) is 0 Å². The molecule has 0 bridgehead atoms. The lowest BCUT2D eigenvalue weighted by Crippen LogP contribution is -2.44. The number of hydrogen-bond acceptors (Lipinski definition) is 3. The highest BCUT2D eigenvalue weighted by Crippen LogP contribution is 2.27. The third-order valence-electron chi connectivity index (χ3n) is 3.47. The van der Waals surface area contributed by atoms with Crippen molar-refractivity contribution in [3.63, 3.8) is 0 Å². The molecule has 1 heterocycles. The number of piperazine rings is 1. The van der Waals surface area contributed by atoms with Gasteiger partial charge in [-0.25, -0.2) is 4.39 Å². The van der Waals surface area contributed by atoms with E-state index in [0.29, 0.717) is 18.3 Å². The molecule has 2 rings (SSSR count). The van der Waals surface area contributed by atoms with Crippen LogP contribution in [0.2, 0.25) is 0 Å². The van der Waals surface area contributed by atoms with E-state index in [1.807, 2.05) is 6.07 Å². The van der Waals surface area contributed by atoms with Gasteiger partial charge in [0, 0.05) is 38.8 Å². The summed E-state index contributed by atoms with van der Waals surface area (Å²) in [6.45, 7) is 9.90. The minimum Gasteiger partial charge on any atom is -0.492 e. The first-order chi connectivity index (χ1) is 9.16. The van der Waals surface area contributed by atoms with E-state index < -0.39 is 0 Å². The average molecular weight is 266 g/mol. The van der Waals surface area contributed by atoms with E-state index in [9.17, 15) is 4.39 Å². The lowest BCUT2D eigenvalue weighted by molar-refractivity contribution is 0.190. The molecule has 1 fully saturated rings. The van der Waals surface area contributed by atoms with Gasteiger partial charge in [0.2, 0.25) is 0 Å². The summed E-state index contributed by atoms with van der Waals surface area (Å²) in [5.74, 6) is 0.793. The van der Waals surface area contributed by atoms with E-state index in [4.69, 9.17) is 4.74 Å². The van der Waals surface area contributed by atoms with Crippen molar-refractivity contribution in [2.75, 3.05) is 39.3 Å². The van der Waals surface area contributed by atoms with Crippen molar-refractivity contribution in [1.29, 1.82) is 0 Å². The zero-order valence-electron chi connectivity index (χ0n) is 11.8. The van der Waals surface area contributed by atoms with Crippen molar-refractivity contribution < 1.29 is 9.13 Å². The summed E-state index contributed by atoms with van der Waals surface area (Å²) >= 11 is 0. The maximum absolute atomic E-state index is 13.3. The number of hydrogen-bond donors (Lipinski definition) is 1. The summed E-state index contributed by atoms with van der Waals surface area (Å²) in [6, 6.07) is 4.81. The molecule has 0 unspecified atom stereocenters. The first-order valence-corrected chi connectivity index (χ1v) is 7.02. The van der Waals surface area contributed by atoms with Gasteiger partial charge in [-0.05, 0) is 17.5 Å². The van der Waals surface area contributed by atoms with E-state index in [0.717, 1.165) is 38.3 Å². The molecule has 0 aromatic heterocycles. The normalized spacial score (nSPS) is 16.8. The largest absolute Gasteiger partial charge is 0.492 e. The second-order valence-corrected chi connectivity index (χ2v) is 5.28. The molecule has 19 heavy (non-hydrogen) atoms. The minimum absolute atomic E-state index is 0.235. The van der Waals surface area contributed by atoms with Crippen LogP contribution in [0, 0.1) is 5.82 Å². The average Bonchev–Trinajstić information content (AvgIpc) is 2.39. The molecule has 0 aliphatic carbocycles. The number of rotatable bonds is 5. The molecule has 1 aliphatic heterocycles. The third-order valence-corrected chi connectivity index (χ3v) is 3.47. The fourth-order valence-electron chi connectivity index (χ4n) is 2.33. The molecule has 4 heteroatoms. The van der Waals surface area contributed by atoms with Crippen LogP contribution >= 0.6 is 0 Å². The lowest BCUT2D eigenvalue weighted by Gasteiger charge is -2.27. The fourth-order valence-corrected chi connectivity index (χ4v) is 2.33. The molecule has 1 aromatic rings. The van der Waals surface area contributed by atoms with Crippen LogP contribution in [0.3, 0.4) is 0 Å². The predicted molar refractivity (Wildman–Crippen MR) is 75.3 cm³/mol. The van der Waals surface area contributed by atoms with Crippen molar-refractivity contribution in [1.82, 2.24) is 10.2 Å². The topological polar surface area (TPSA) is 24.5 Å². The number of nitrogens with one attached hydrogen (secondary N) is 1. The zero-order valence-corrected chi connectivity index (χ0v) is 11.8. The highest BCUT2D eigenvalue weighted by atomic mass is 19.1. The molecule has 1 N–H and O–H groups in total. The molecule has 106 valence electrons. The predicted octanol–water partition coefficient (Wildman–Crippen LogP) is 2.23. The van der Waals surface area contributed by atoms with Crippen LogP contribution < -0.4 is 10.1 Å². The van der Waals surface area contributed by atoms with Gasteiger partial charge in [0.1, 0.15) is 18.2 Å². The van der Waals surface area contributed by atoms with Crippen molar-refractivity contribution in [2.45, 2.75) is 19.8 Å². The summed E-state index contributed by atoms with van der Waals surface area (Å²) in [7, 11) is 0. The van der Waals surface area contributed by atoms with Crippen molar-refractivity contribution in [3.8, 4) is 5.75 Å². The molecule has 0 radical (unpaired) electrons. The van der Waals surface area contributed by atoms with E-state index in [1.54, 1.807) is 0 Å². The molecule has 0 saturated carbocycles. The zero-order chi connectivity index (χ0) is 13.7. The monoisotopic (exact) mass is 266 g/mol. The Morgan fingerprint density at radius 3 is 2.74 bits per heavy atom. The van der Waals surface area contributed by atoms with Gasteiger partial charge in [-0.15, -0.1) is 0 Å². The summed E-state index contributed by atoms with van der Waals surface area (Å²) in [6.07, 6.45) is 0. The van der Waals surface area contributed by atoms with Gasteiger partial charge in [-0.1, -0.05) is 19.9 Å². The molecule has 0 spiro atoms. The summed E-state index contributed by atoms with van der Waals surface area (Å²) in [4.78, 5) is 2.37. The van der Waals surface area contributed by atoms with Crippen LogP contribution in [0.15, 0.2) is 18.2 Å². The molecule has 1 saturated heterocycles. The van der Waals surface area contributed by atoms with Crippen LogP contribution in [-0.4, -0.2) is 44.2 Å². The van der Waals surface area contributed by atoms with Gasteiger partial charge < -0.3 is 10.1 Å². The maximum Gasteiger partial charge on any atom is 0.126 e. The van der Waals surface area contributed by atoms with Crippen molar-refractivity contribution in [3.05, 3.63) is 29.6 Å². The van der Waals surface area contributed by atoms with Gasteiger partial charge in [0.05, 0.1) is 0 Å². The van der Waals surface area contributed by atoms with Gasteiger partial charge in [-0.2, -0.15) is 0 Å². The highest BCUT2D eigenvalue weighted by molar-refractivity contribution is 5.36. The SMILES string of the molecule is CC(C)c1ccc(F)cc1OCCN1CCNCC1. The molecule has 3 nitrogen and oxygen atoms in total. The van der Waals surface area contributed by atoms with Crippen LogP contribution in [0.5, 0.6) is 5.75 Å². The Morgan fingerprint density at radius 2 is 2.05 bits per heavy atom. The molecular weight excluding hydrogens is 243 g/mol. The summed E-state index contributed by atoms with van der Waals surface area (Å²) in [5, 5.41) is 3.32. The Hall–Kier alpha value is -1.13. The third kappa shape index (κ3) is 4.18. The smallest absolute Gasteiger partial charge is 0.126 e. The van der Waals surface area contributed by atoms with Gasteiger partial charge in [0.15, 0.2) is 0 Å². The Balaban J connectivity index is 1.89. The van der Waals surface area contributed by atoms with Crippen LogP contribution in [-0.2, 0) is 0 Å². The molecule has 1 aromatic carbocycles. The van der Waals surface area contributed by atoms with Gasteiger partial charge in [0.25, 0.3) is 0 Å². The lowest BCUT2D eigenvalue weighted by atomic mass is 10.0. The second-order valence-electron chi connectivity index (χ2n) is 5.28.